The quantitative estimate of drug-likeness (QED) is 0.722. The standard InChI is InChI=1S/C8H7N3S/c9-8-7(3-10-5-11-8)6-1-2-12-4-6/h1-5H,(H2,9,10,11). The lowest BCUT2D eigenvalue weighted by Gasteiger charge is -1.98. The topological polar surface area (TPSA) is 51.8 Å². The van der Waals surface area contributed by atoms with Crippen LogP contribution in [0, 0.1) is 0 Å². The normalized spacial score (nSPS) is 10.0. The van der Waals surface area contributed by atoms with Gasteiger partial charge in [0, 0.05) is 11.8 Å². The van der Waals surface area contributed by atoms with E-state index < -0.39 is 0 Å². The fraction of sp³-hybridized carbons (Fsp3) is 0. The number of nitrogen functional groups attached to an aromatic ring is 1. The van der Waals surface area contributed by atoms with Gasteiger partial charge in [-0.25, -0.2) is 9.97 Å². The van der Waals surface area contributed by atoms with Crippen molar-refractivity contribution in [3.63, 3.8) is 0 Å². The molecule has 12 heavy (non-hydrogen) atoms. The lowest BCUT2D eigenvalue weighted by atomic mass is 10.2. The summed E-state index contributed by atoms with van der Waals surface area (Å²) in [6.45, 7) is 0. The molecule has 60 valence electrons. The lowest BCUT2D eigenvalue weighted by Crippen LogP contribution is -1.93. The van der Waals surface area contributed by atoms with Gasteiger partial charge in [0.1, 0.15) is 12.1 Å². The summed E-state index contributed by atoms with van der Waals surface area (Å²) in [5, 5.41) is 4.02. The second-order valence-electron chi connectivity index (χ2n) is 2.33. The number of hydrogen-bond donors (Lipinski definition) is 1. The molecule has 0 aliphatic heterocycles. The Labute approximate surface area is 73.9 Å². The van der Waals surface area contributed by atoms with Gasteiger partial charge >= 0.3 is 0 Å². The minimum Gasteiger partial charge on any atom is -0.383 e. The highest BCUT2D eigenvalue weighted by atomic mass is 32.1. The first kappa shape index (κ1) is 7.24. The molecule has 2 aromatic heterocycles. The van der Waals surface area contributed by atoms with Crippen LogP contribution < -0.4 is 5.73 Å². The van der Waals surface area contributed by atoms with Crippen LogP contribution in [0.25, 0.3) is 11.1 Å². The van der Waals surface area contributed by atoms with Crippen LogP contribution in [0.2, 0.25) is 0 Å². The third-order valence-electron chi connectivity index (χ3n) is 1.58. The van der Waals surface area contributed by atoms with E-state index in [9.17, 15) is 0 Å². The molecule has 0 saturated heterocycles. The average Bonchev–Trinajstić information content (AvgIpc) is 2.57. The molecule has 2 N–H and O–H groups in total. The molecule has 0 aromatic carbocycles. The Morgan fingerprint density at radius 3 is 3.00 bits per heavy atom. The summed E-state index contributed by atoms with van der Waals surface area (Å²) in [5.74, 6) is 0.531. The molecule has 3 nitrogen and oxygen atoms in total. The predicted molar refractivity (Wildman–Crippen MR) is 49.8 cm³/mol. The molecule has 0 aliphatic rings. The molecule has 2 heterocycles. The molecular weight excluding hydrogens is 170 g/mol. The number of aromatic nitrogens is 2. The second-order valence-corrected chi connectivity index (χ2v) is 3.11. The Kier molecular flexibility index (Phi) is 1.75. The zero-order chi connectivity index (χ0) is 8.39. The van der Waals surface area contributed by atoms with Crippen molar-refractivity contribution in [1.29, 1.82) is 0 Å². The van der Waals surface area contributed by atoms with Crippen LogP contribution >= 0.6 is 11.3 Å². The Bertz CT molecular complexity index is 370. The summed E-state index contributed by atoms with van der Waals surface area (Å²) in [7, 11) is 0. The van der Waals surface area contributed by atoms with Crippen LogP contribution in [0.3, 0.4) is 0 Å². The fourth-order valence-corrected chi connectivity index (χ4v) is 1.64. The monoisotopic (exact) mass is 177 g/mol. The number of nitrogens with zero attached hydrogens (tertiary/aromatic N) is 2. The van der Waals surface area contributed by atoms with Crippen LogP contribution in [0.4, 0.5) is 5.82 Å². The minimum absolute atomic E-state index is 0.531. The molecule has 0 saturated carbocycles. The minimum atomic E-state index is 0.531. The van der Waals surface area contributed by atoms with Crippen molar-refractivity contribution >= 4 is 17.2 Å². The molecule has 0 unspecified atom stereocenters. The maximum atomic E-state index is 5.67. The van der Waals surface area contributed by atoms with Gasteiger partial charge in [0.25, 0.3) is 0 Å². The highest BCUT2D eigenvalue weighted by Gasteiger charge is 2.02. The molecule has 0 radical (unpaired) electrons. The summed E-state index contributed by atoms with van der Waals surface area (Å²) in [6.07, 6.45) is 3.18. The summed E-state index contributed by atoms with van der Waals surface area (Å²) in [4.78, 5) is 7.82. The average molecular weight is 177 g/mol. The highest BCUT2D eigenvalue weighted by Crippen LogP contribution is 2.24. The lowest BCUT2D eigenvalue weighted by molar-refractivity contribution is 1.18. The highest BCUT2D eigenvalue weighted by molar-refractivity contribution is 7.08. The Hall–Kier alpha value is -1.42. The Morgan fingerprint density at radius 1 is 1.42 bits per heavy atom. The van der Waals surface area contributed by atoms with Crippen LogP contribution in [0.1, 0.15) is 0 Å². The molecule has 0 bridgehead atoms. The number of rotatable bonds is 1. The number of nitrogens with two attached hydrogens (primary N) is 1. The van der Waals surface area contributed by atoms with Crippen LogP contribution in [-0.4, -0.2) is 9.97 Å². The van der Waals surface area contributed by atoms with E-state index in [1.54, 1.807) is 17.5 Å². The van der Waals surface area contributed by atoms with Gasteiger partial charge < -0.3 is 5.73 Å². The van der Waals surface area contributed by atoms with E-state index in [1.807, 2.05) is 16.8 Å². The van der Waals surface area contributed by atoms with Crippen molar-refractivity contribution in [1.82, 2.24) is 9.97 Å². The Morgan fingerprint density at radius 2 is 2.33 bits per heavy atom. The van der Waals surface area contributed by atoms with Gasteiger partial charge in [-0.2, -0.15) is 11.3 Å². The summed E-state index contributed by atoms with van der Waals surface area (Å²) < 4.78 is 0. The largest absolute Gasteiger partial charge is 0.383 e. The van der Waals surface area contributed by atoms with Gasteiger partial charge in [-0.05, 0) is 22.4 Å². The van der Waals surface area contributed by atoms with Gasteiger partial charge in [-0.15, -0.1) is 0 Å². The number of hydrogen-bond acceptors (Lipinski definition) is 4. The van der Waals surface area contributed by atoms with E-state index in [0.717, 1.165) is 11.1 Å². The molecule has 0 amide bonds. The third-order valence-corrected chi connectivity index (χ3v) is 2.26. The van der Waals surface area contributed by atoms with E-state index >= 15 is 0 Å². The first-order valence-corrected chi connectivity index (χ1v) is 4.40. The predicted octanol–water partition coefficient (Wildman–Crippen LogP) is 1.79. The van der Waals surface area contributed by atoms with Gasteiger partial charge in [0.15, 0.2) is 0 Å². The van der Waals surface area contributed by atoms with E-state index in [1.165, 1.54) is 6.33 Å². The van der Waals surface area contributed by atoms with Crippen LogP contribution in [-0.2, 0) is 0 Å². The number of thiophene rings is 1. The van der Waals surface area contributed by atoms with Crippen LogP contribution in [0.5, 0.6) is 0 Å². The van der Waals surface area contributed by atoms with Crippen LogP contribution in [0.15, 0.2) is 29.4 Å². The van der Waals surface area contributed by atoms with Gasteiger partial charge in [-0.3, -0.25) is 0 Å². The number of anilines is 1. The van der Waals surface area contributed by atoms with Gasteiger partial charge in [0.2, 0.25) is 0 Å². The fourth-order valence-electron chi connectivity index (χ4n) is 0.979. The maximum absolute atomic E-state index is 5.67. The molecule has 2 aromatic rings. The molecule has 0 spiro atoms. The SMILES string of the molecule is Nc1ncncc1-c1ccsc1. The molecule has 0 fully saturated rings. The van der Waals surface area contributed by atoms with Gasteiger partial charge in [-0.1, -0.05) is 0 Å². The zero-order valence-corrected chi connectivity index (χ0v) is 7.08. The molecule has 2 rings (SSSR count). The Balaban J connectivity index is 2.55. The third kappa shape index (κ3) is 1.16. The van der Waals surface area contributed by atoms with Crippen molar-refractivity contribution in [2.24, 2.45) is 0 Å². The van der Waals surface area contributed by atoms with Crippen molar-refractivity contribution in [2.75, 3.05) is 5.73 Å². The molecule has 4 heteroatoms. The molecule has 0 atom stereocenters. The second kappa shape index (κ2) is 2.91. The summed E-state index contributed by atoms with van der Waals surface area (Å²) >= 11 is 1.63. The van der Waals surface area contributed by atoms with Crippen molar-refractivity contribution in [3.8, 4) is 11.1 Å². The molecule has 0 aliphatic carbocycles. The van der Waals surface area contributed by atoms with E-state index in [0.29, 0.717) is 5.82 Å². The molecular formula is C8H7N3S. The zero-order valence-electron chi connectivity index (χ0n) is 6.27. The maximum Gasteiger partial charge on any atom is 0.134 e. The van der Waals surface area contributed by atoms with Crippen molar-refractivity contribution in [2.45, 2.75) is 0 Å². The van der Waals surface area contributed by atoms with E-state index in [2.05, 4.69) is 9.97 Å². The first-order valence-electron chi connectivity index (χ1n) is 3.46. The van der Waals surface area contributed by atoms with Crippen molar-refractivity contribution in [3.05, 3.63) is 29.4 Å². The first-order chi connectivity index (χ1) is 5.88. The summed E-state index contributed by atoms with van der Waals surface area (Å²) in [6, 6.07) is 2.00. The smallest absolute Gasteiger partial charge is 0.134 e. The van der Waals surface area contributed by atoms with E-state index in [-0.39, 0.29) is 0 Å². The van der Waals surface area contributed by atoms with E-state index in [4.69, 9.17) is 5.73 Å². The van der Waals surface area contributed by atoms with Crippen molar-refractivity contribution < 1.29 is 0 Å². The van der Waals surface area contributed by atoms with Gasteiger partial charge in [0.05, 0.1) is 0 Å². The summed E-state index contributed by atoms with van der Waals surface area (Å²) in [5.41, 5.74) is 7.65.